The maximum Gasteiger partial charge on any atom is 0.149 e. The number of hydrogen-bond donors (Lipinski definition) is 2. The lowest BCUT2D eigenvalue weighted by Gasteiger charge is -2.37. The Kier molecular flexibility index (Phi) is 3.20. The van der Waals surface area contributed by atoms with Gasteiger partial charge >= 0.3 is 0 Å². The van der Waals surface area contributed by atoms with Crippen molar-refractivity contribution in [1.29, 1.82) is 0 Å². The molecule has 0 aromatic heterocycles. The molecule has 0 spiro atoms. The first-order chi connectivity index (χ1) is 5.75. The third-order valence-electron chi connectivity index (χ3n) is 2.65. The van der Waals surface area contributed by atoms with Crippen molar-refractivity contribution >= 4 is 6.29 Å². The van der Waals surface area contributed by atoms with E-state index in [9.17, 15) is 9.90 Å². The number of nitrogens with two attached hydrogens (primary N) is 1. The van der Waals surface area contributed by atoms with Gasteiger partial charge < -0.3 is 20.4 Å². The number of ether oxygens (including phenoxy) is 1. The van der Waals surface area contributed by atoms with E-state index in [4.69, 9.17) is 10.5 Å². The Morgan fingerprint density at radius 2 is 2.17 bits per heavy atom. The van der Waals surface area contributed by atoms with Crippen molar-refractivity contribution in [3.8, 4) is 0 Å². The molecule has 1 aliphatic heterocycles. The number of carbonyl (C=O) groups is 1. The van der Waals surface area contributed by atoms with Crippen LogP contribution in [-0.4, -0.2) is 37.3 Å². The molecule has 0 aromatic carbocycles. The highest BCUT2D eigenvalue weighted by atomic mass is 16.5. The summed E-state index contributed by atoms with van der Waals surface area (Å²) >= 11 is 0. The molecule has 4 nitrogen and oxygen atoms in total. The Labute approximate surface area is 71.7 Å². The van der Waals surface area contributed by atoms with E-state index < -0.39 is 11.5 Å². The fourth-order valence-corrected chi connectivity index (χ4v) is 1.54. The lowest BCUT2D eigenvalue weighted by atomic mass is 9.76. The summed E-state index contributed by atoms with van der Waals surface area (Å²) < 4.78 is 5.14. The van der Waals surface area contributed by atoms with Crippen molar-refractivity contribution < 1.29 is 14.6 Å². The molecule has 1 aliphatic rings. The molecular weight excluding hydrogens is 158 g/mol. The monoisotopic (exact) mass is 173 g/mol. The topological polar surface area (TPSA) is 72.5 Å². The van der Waals surface area contributed by atoms with E-state index in [-0.39, 0.29) is 0 Å². The minimum atomic E-state index is -0.939. The maximum absolute atomic E-state index is 10.4. The van der Waals surface area contributed by atoms with E-state index in [1.165, 1.54) is 0 Å². The SMILES string of the molecule is NCC1(C(O)C=O)CCOCC1. The lowest BCUT2D eigenvalue weighted by molar-refractivity contribution is -0.126. The summed E-state index contributed by atoms with van der Waals surface area (Å²) in [6, 6.07) is 0. The number of rotatable bonds is 3. The van der Waals surface area contributed by atoms with E-state index in [0.29, 0.717) is 38.9 Å². The van der Waals surface area contributed by atoms with Crippen LogP contribution in [0.4, 0.5) is 0 Å². The van der Waals surface area contributed by atoms with Gasteiger partial charge in [-0.1, -0.05) is 0 Å². The predicted molar refractivity (Wildman–Crippen MR) is 43.6 cm³/mol. The minimum Gasteiger partial charge on any atom is -0.385 e. The molecule has 1 fully saturated rings. The summed E-state index contributed by atoms with van der Waals surface area (Å²) in [7, 11) is 0. The van der Waals surface area contributed by atoms with Gasteiger partial charge in [0.05, 0.1) is 0 Å². The first-order valence-electron chi connectivity index (χ1n) is 4.16. The molecule has 1 rings (SSSR count). The number of carbonyl (C=O) groups excluding carboxylic acids is 1. The Bertz CT molecular complexity index is 154. The van der Waals surface area contributed by atoms with Gasteiger partial charge in [0, 0.05) is 25.2 Å². The molecule has 1 unspecified atom stereocenters. The van der Waals surface area contributed by atoms with Crippen LogP contribution in [0.25, 0.3) is 0 Å². The van der Waals surface area contributed by atoms with Crippen LogP contribution in [0.2, 0.25) is 0 Å². The zero-order valence-electron chi connectivity index (χ0n) is 7.03. The van der Waals surface area contributed by atoms with E-state index in [1.54, 1.807) is 0 Å². The third-order valence-corrected chi connectivity index (χ3v) is 2.65. The van der Waals surface area contributed by atoms with Crippen LogP contribution in [0.1, 0.15) is 12.8 Å². The summed E-state index contributed by atoms with van der Waals surface area (Å²) in [6.07, 6.45) is 0.969. The Balaban J connectivity index is 2.65. The second-order valence-electron chi connectivity index (χ2n) is 3.26. The van der Waals surface area contributed by atoms with Crippen molar-refractivity contribution in [2.75, 3.05) is 19.8 Å². The smallest absolute Gasteiger partial charge is 0.149 e. The molecule has 1 atom stereocenters. The number of aliphatic hydroxyl groups is 1. The summed E-state index contributed by atoms with van der Waals surface area (Å²) in [4.78, 5) is 10.4. The quantitative estimate of drug-likeness (QED) is 0.554. The number of hydrogen-bond acceptors (Lipinski definition) is 4. The molecule has 0 radical (unpaired) electrons. The fraction of sp³-hybridized carbons (Fsp3) is 0.875. The van der Waals surface area contributed by atoms with Crippen LogP contribution in [0.3, 0.4) is 0 Å². The van der Waals surface area contributed by atoms with Gasteiger partial charge in [0.15, 0.2) is 0 Å². The maximum atomic E-state index is 10.4. The van der Waals surface area contributed by atoms with E-state index >= 15 is 0 Å². The summed E-state index contributed by atoms with van der Waals surface area (Å²) in [6.45, 7) is 1.51. The van der Waals surface area contributed by atoms with Gasteiger partial charge in [0.25, 0.3) is 0 Å². The molecule has 1 heterocycles. The fourth-order valence-electron chi connectivity index (χ4n) is 1.54. The molecule has 12 heavy (non-hydrogen) atoms. The number of aliphatic hydroxyl groups excluding tert-OH is 1. The lowest BCUT2D eigenvalue weighted by Crippen LogP contribution is -2.46. The van der Waals surface area contributed by atoms with Gasteiger partial charge in [-0.3, -0.25) is 0 Å². The van der Waals surface area contributed by atoms with Gasteiger partial charge in [0.1, 0.15) is 12.4 Å². The highest BCUT2D eigenvalue weighted by Gasteiger charge is 2.38. The largest absolute Gasteiger partial charge is 0.385 e. The highest BCUT2D eigenvalue weighted by molar-refractivity contribution is 5.57. The number of aldehydes is 1. The molecule has 3 N–H and O–H groups in total. The van der Waals surface area contributed by atoms with E-state index in [0.717, 1.165) is 0 Å². The van der Waals surface area contributed by atoms with Crippen LogP contribution in [0.15, 0.2) is 0 Å². The molecule has 0 aromatic rings. The summed E-state index contributed by atoms with van der Waals surface area (Å²) in [5.74, 6) is 0. The van der Waals surface area contributed by atoms with Crippen LogP contribution in [0, 0.1) is 5.41 Å². The van der Waals surface area contributed by atoms with Gasteiger partial charge in [0.2, 0.25) is 0 Å². The first-order valence-corrected chi connectivity index (χ1v) is 4.16. The van der Waals surface area contributed by atoms with Crippen LogP contribution in [-0.2, 0) is 9.53 Å². The highest BCUT2D eigenvalue weighted by Crippen LogP contribution is 2.32. The average Bonchev–Trinajstić information content (AvgIpc) is 2.17. The van der Waals surface area contributed by atoms with E-state index in [1.807, 2.05) is 0 Å². The normalized spacial score (nSPS) is 24.8. The molecule has 0 bridgehead atoms. The molecular formula is C8H15NO3. The molecule has 70 valence electrons. The summed E-state index contributed by atoms with van der Waals surface area (Å²) in [5, 5.41) is 9.43. The summed E-state index contributed by atoms with van der Waals surface area (Å²) in [5.41, 5.74) is 5.11. The third kappa shape index (κ3) is 1.65. The van der Waals surface area contributed by atoms with Crippen LogP contribution in [0.5, 0.6) is 0 Å². The van der Waals surface area contributed by atoms with E-state index in [2.05, 4.69) is 0 Å². The van der Waals surface area contributed by atoms with Crippen LogP contribution < -0.4 is 5.73 Å². The van der Waals surface area contributed by atoms with Gasteiger partial charge in [-0.2, -0.15) is 0 Å². The zero-order chi connectivity index (χ0) is 9.03. The van der Waals surface area contributed by atoms with Crippen molar-refractivity contribution in [2.24, 2.45) is 11.1 Å². The van der Waals surface area contributed by atoms with Crippen molar-refractivity contribution in [3.05, 3.63) is 0 Å². The second kappa shape index (κ2) is 3.98. The van der Waals surface area contributed by atoms with Crippen molar-refractivity contribution in [2.45, 2.75) is 18.9 Å². The molecule has 0 saturated carbocycles. The van der Waals surface area contributed by atoms with Gasteiger partial charge in [-0.05, 0) is 12.8 Å². The van der Waals surface area contributed by atoms with Gasteiger partial charge in [-0.15, -0.1) is 0 Å². The molecule has 0 aliphatic carbocycles. The molecule has 1 saturated heterocycles. The first kappa shape index (κ1) is 9.64. The second-order valence-corrected chi connectivity index (χ2v) is 3.26. The molecule has 4 heteroatoms. The minimum absolute atomic E-state index is 0.344. The molecule has 0 amide bonds. The standard InChI is InChI=1S/C8H15NO3/c9-6-8(7(11)5-10)1-3-12-4-2-8/h5,7,11H,1-4,6,9H2. The van der Waals surface area contributed by atoms with Crippen molar-refractivity contribution in [1.82, 2.24) is 0 Å². The van der Waals surface area contributed by atoms with Gasteiger partial charge in [-0.25, -0.2) is 0 Å². The Morgan fingerprint density at radius 1 is 1.58 bits per heavy atom. The zero-order valence-corrected chi connectivity index (χ0v) is 7.03. The Morgan fingerprint density at radius 3 is 2.58 bits per heavy atom. The average molecular weight is 173 g/mol. The van der Waals surface area contributed by atoms with Crippen molar-refractivity contribution in [3.63, 3.8) is 0 Å². The Hall–Kier alpha value is -0.450. The van der Waals surface area contributed by atoms with Crippen LogP contribution >= 0.6 is 0 Å². The predicted octanol–water partition coefficient (Wildman–Crippen LogP) is -0.698.